The molecule has 4 heterocycles. The van der Waals surface area contributed by atoms with Crippen molar-refractivity contribution in [3.8, 4) is 0 Å². The Kier molecular flexibility index (Phi) is 5.27. The molecule has 0 bridgehead atoms. The molecule has 2 fully saturated rings. The second-order valence-electron chi connectivity index (χ2n) is 8.66. The second-order valence-corrected chi connectivity index (χ2v) is 10.7. The summed E-state index contributed by atoms with van der Waals surface area (Å²) in [6, 6.07) is 6.92. The van der Waals surface area contributed by atoms with E-state index in [4.69, 9.17) is 9.72 Å². The van der Waals surface area contributed by atoms with Gasteiger partial charge in [-0.1, -0.05) is 11.3 Å². The van der Waals surface area contributed by atoms with Gasteiger partial charge in [0.1, 0.15) is 12.1 Å². The zero-order valence-electron chi connectivity index (χ0n) is 18.3. The molecule has 0 radical (unpaired) electrons. The molecule has 2 saturated heterocycles. The molecule has 1 atom stereocenters. The zero-order chi connectivity index (χ0) is 23.3. The standard InChI is InChI=1S/C23H23N5O4S2/c29-19(13-28-20(30)23(26-21(28)31)6-1-2-17-15(23)5-11-33-17)24-14-3-4-16-18(12-14)34-22(25-16)27-7-9-32-10-8-27/h3-5,11-12H,1-2,6-10,13H2,(H,24,29)(H,26,31). The monoisotopic (exact) mass is 497 g/mol. The molecule has 3 aromatic rings. The average Bonchev–Trinajstić information content (AvgIpc) is 3.54. The van der Waals surface area contributed by atoms with Gasteiger partial charge in [0.2, 0.25) is 5.91 Å². The van der Waals surface area contributed by atoms with E-state index in [0.717, 1.165) is 56.6 Å². The summed E-state index contributed by atoms with van der Waals surface area (Å²) in [5.41, 5.74) is 1.30. The van der Waals surface area contributed by atoms with E-state index in [2.05, 4.69) is 15.5 Å². The lowest BCUT2D eigenvalue weighted by Gasteiger charge is -2.31. The Bertz CT molecular complexity index is 1300. The molecule has 9 nitrogen and oxygen atoms in total. The molecular formula is C23H23N5O4S2. The van der Waals surface area contributed by atoms with Crippen LogP contribution >= 0.6 is 22.7 Å². The number of nitrogens with one attached hydrogen (secondary N) is 2. The van der Waals surface area contributed by atoms with Crippen LogP contribution in [0.2, 0.25) is 0 Å². The van der Waals surface area contributed by atoms with Crippen LogP contribution in [0.25, 0.3) is 10.2 Å². The molecule has 2 aliphatic heterocycles. The number of urea groups is 1. The fourth-order valence-corrected chi connectivity index (χ4v) is 6.97. The summed E-state index contributed by atoms with van der Waals surface area (Å²) in [6.45, 7) is 2.67. The fourth-order valence-electron chi connectivity index (χ4n) is 4.91. The Labute approximate surface area is 203 Å². The molecule has 0 saturated carbocycles. The van der Waals surface area contributed by atoms with E-state index < -0.39 is 17.5 Å². The van der Waals surface area contributed by atoms with E-state index >= 15 is 0 Å². The van der Waals surface area contributed by atoms with Crippen LogP contribution in [-0.2, 0) is 26.3 Å². The van der Waals surface area contributed by atoms with Crippen LogP contribution in [0, 0.1) is 0 Å². The lowest BCUT2D eigenvalue weighted by Crippen LogP contribution is -2.46. The van der Waals surface area contributed by atoms with Gasteiger partial charge < -0.3 is 20.3 Å². The number of thiophene rings is 1. The van der Waals surface area contributed by atoms with Crippen LogP contribution in [0.5, 0.6) is 0 Å². The minimum atomic E-state index is -1.04. The highest BCUT2D eigenvalue weighted by molar-refractivity contribution is 7.22. The Morgan fingerprint density at radius 1 is 1.24 bits per heavy atom. The van der Waals surface area contributed by atoms with Gasteiger partial charge in [0.25, 0.3) is 5.91 Å². The van der Waals surface area contributed by atoms with E-state index in [1.807, 2.05) is 23.6 Å². The third-order valence-electron chi connectivity index (χ3n) is 6.58. The minimum Gasteiger partial charge on any atom is -0.378 e. The predicted octanol–water partition coefficient (Wildman–Crippen LogP) is 2.92. The molecule has 1 unspecified atom stereocenters. The van der Waals surface area contributed by atoms with Gasteiger partial charge in [-0.05, 0) is 48.9 Å². The first-order chi connectivity index (χ1) is 16.5. The van der Waals surface area contributed by atoms with Crippen molar-refractivity contribution in [1.82, 2.24) is 15.2 Å². The van der Waals surface area contributed by atoms with Crippen molar-refractivity contribution < 1.29 is 19.1 Å². The first-order valence-electron chi connectivity index (χ1n) is 11.3. The first kappa shape index (κ1) is 21.5. The molecule has 4 amide bonds. The smallest absolute Gasteiger partial charge is 0.325 e. The number of aromatic nitrogens is 1. The number of nitrogens with zero attached hydrogens (tertiary/aromatic N) is 3. The molecule has 11 heteroatoms. The number of aryl methyl sites for hydroxylation is 1. The number of thiazole rings is 1. The van der Waals surface area contributed by atoms with Gasteiger partial charge >= 0.3 is 6.03 Å². The molecule has 1 aromatic carbocycles. The van der Waals surface area contributed by atoms with E-state index in [9.17, 15) is 14.4 Å². The van der Waals surface area contributed by atoms with Gasteiger partial charge in [0.15, 0.2) is 5.13 Å². The molecule has 2 aromatic heterocycles. The maximum atomic E-state index is 13.3. The molecular weight excluding hydrogens is 474 g/mol. The number of ether oxygens (including phenoxy) is 1. The van der Waals surface area contributed by atoms with Crippen LogP contribution in [-0.4, -0.2) is 60.6 Å². The summed E-state index contributed by atoms with van der Waals surface area (Å²) in [4.78, 5) is 47.9. The van der Waals surface area contributed by atoms with E-state index in [1.54, 1.807) is 28.7 Å². The number of fused-ring (bicyclic) bond motifs is 3. The normalized spacial score (nSPS) is 22.4. The molecule has 3 aliphatic rings. The quantitative estimate of drug-likeness (QED) is 0.537. The molecule has 1 spiro atoms. The number of imide groups is 1. The largest absolute Gasteiger partial charge is 0.378 e. The molecule has 2 N–H and O–H groups in total. The fraction of sp³-hybridized carbons (Fsp3) is 0.391. The van der Waals surface area contributed by atoms with Gasteiger partial charge in [-0.3, -0.25) is 14.5 Å². The highest BCUT2D eigenvalue weighted by atomic mass is 32.1. The van der Waals surface area contributed by atoms with Gasteiger partial charge in [-0.15, -0.1) is 11.3 Å². The van der Waals surface area contributed by atoms with Crippen LogP contribution in [0.3, 0.4) is 0 Å². The Morgan fingerprint density at radius 3 is 2.94 bits per heavy atom. The van der Waals surface area contributed by atoms with E-state index in [1.165, 1.54) is 0 Å². The van der Waals surface area contributed by atoms with Crippen LogP contribution in [0.4, 0.5) is 15.6 Å². The Hall–Kier alpha value is -3.02. The minimum absolute atomic E-state index is 0.328. The number of hydrogen-bond donors (Lipinski definition) is 2. The maximum Gasteiger partial charge on any atom is 0.325 e. The van der Waals surface area contributed by atoms with Crippen molar-refractivity contribution in [2.45, 2.75) is 24.8 Å². The predicted molar refractivity (Wildman–Crippen MR) is 130 cm³/mol. The van der Waals surface area contributed by atoms with Crippen LogP contribution < -0.4 is 15.5 Å². The highest BCUT2D eigenvalue weighted by Gasteiger charge is 2.54. The van der Waals surface area contributed by atoms with Crippen LogP contribution in [0.15, 0.2) is 29.6 Å². The van der Waals surface area contributed by atoms with Gasteiger partial charge in [-0.2, -0.15) is 0 Å². The summed E-state index contributed by atoms with van der Waals surface area (Å²) in [6.07, 6.45) is 2.28. The Balaban J connectivity index is 1.16. The van der Waals surface area contributed by atoms with E-state index in [0.29, 0.717) is 25.3 Å². The summed E-state index contributed by atoms with van der Waals surface area (Å²) < 4.78 is 6.37. The number of carbonyl (C=O) groups is 3. The topological polar surface area (TPSA) is 104 Å². The number of carbonyl (C=O) groups excluding carboxylic acids is 3. The van der Waals surface area contributed by atoms with Crippen molar-refractivity contribution in [2.24, 2.45) is 0 Å². The number of rotatable bonds is 4. The molecule has 6 rings (SSSR count). The number of benzene rings is 1. The van der Waals surface area contributed by atoms with E-state index in [-0.39, 0.29) is 12.5 Å². The van der Waals surface area contributed by atoms with Crippen molar-refractivity contribution in [1.29, 1.82) is 0 Å². The number of anilines is 2. The first-order valence-corrected chi connectivity index (χ1v) is 13.0. The molecule has 1 aliphatic carbocycles. The van der Waals surface area contributed by atoms with Crippen molar-refractivity contribution >= 4 is 61.6 Å². The SMILES string of the molecule is O=C(CN1C(=O)NC2(CCCc3sccc32)C1=O)Nc1ccc2nc(N3CCOCC3)sc2c1. The average molecular weight is 498 g/mol. The third-order valence-corrected chi connectivity index (χ3v) is 8.64. The lowest BCUT2D eigenvalue weighted by atomic mass is 9.80. The third kappa shape index (κ3) is 3.55. The molecule has 176 valence electrons. The Morgan fingerprint density at radius 2 is 2.09 bits per heavy atom. The molecule has 34 heavy (non-hydrogen) atoms. The van der Waals surface area contributed by atoms with Gasteiger partial charge in [0, 0.05) is 29.2 Å². The van der Waals surface area contributed by atoms with Crippen LogP contribution in [0.1, 0.15) is 23.3 Å². The summed E-state index contributed by atoms with van der Waals surface area (Å²) >= 11 is 3.17. The summed E-state index contributed by atoms with van der Waals surface area (Å²) in [5.74, 6) is -0.765. The summed E-state index contributed by atoms with van der Waals surface area (Å²) in [7, 11) is 0. The van der Waals surface area contributed by atoms with Crippen molar-refractivity contribution in [3.05, 3.63) is 40.1 Å². The number of hydrogen-bond acceptors (Lipinski definition) is 8. The van der Waals surface area contributed by atoms with Crippen molar-refractivity contribution in [2.75, 3.05) is 43.1 Å². The second kappa shape index (κ2) is 8.33. The maximum absolute atomic E-state index is 13.3. The van der Waals surface area contributed by atoms with Gasteiger partial charge in [0.05, 0.1) is 23.4 Å². The lowest BCUT2D eigenvalue weighted by molar-refractivity contribution is -0.134. The number of morpholine rings is 1. The van der Waals surface area contributed by atoms with Crippen molar-refractivity contribution in [3.63, 3.8) is 0 Å². The van der Waals surface area contributed by atoms with Gasteiger partial charge in [-0.25, -0.2) is 9.78 Å². The zero-order valence-corrected chi connectivity index (χ0v) is 20.0. The highest BCUT2D eigenvalue weighted by Crippen LogP contribution is 2.42. The number of amides is 4. The summed E-state index contributed by atoms with van der Waals surface area (Å²) in [5, 5.41) is 8.60.